The van der Waals surface area contributed by atoms with Crippen LogP contribution < -0.4 is 15.4 Å². The van der Waals surface area contributed by atoms with E-state index in [1.807, 2.05) is 30.3 Å². The van der Waals surface area contributed by atoms with Crippen LogP contribution in [-0.4, -0.2) is 19.6 Å². The summed E-state index contributed by atoms with van der Waals surface area (Å²) < 4.78 is 74.6. The summed E-state index contributed by atoms with van der Waals surface area (Å²) in [6.45, 7) is 1.08. The van der Waals surface area contributed by atoms with Crippen LogP contribution in [0.1, 0.15) is 29.2 Å². The molecule has 2 N–H and O–H groups in total. The molecule has 0 saturated carbocycles. The van der Waals surface area contributed by atoms with Gasteiger partial charge in [0, 0.05) is 29.9 Å². The molecule has 0 saturated heterocycles. The highest BCUT2D eigenvalue weighted by atomic mass is 19.4. The standard InChI is InChI=1S/C27H25F5N2O2/c1-17(34-16-20-21(27(30,31)32)11-7-12-22(20)28)24(19-10-6-13-23(36-2)25(19)29)26(35)33-15-14-18-8-4-3-5-9-18/h3-13,34H,14-16H2,1-2H3,(H,33,35)/b24-17-. The van der Waals surface area contributed by atoms with Crippen molar-refractivity contribution in [3.63, 3.8) is 0 Å². The van der Waals surface area contributed by atoms with Crippen molar-refractivity contribution in [3.8, 4) is 5.75 Å². The summed E-state index contributed by atoms with van der Waals surface area (Å²) in [5, 5.41) is 5.40. The van der Waals surface area contributed by atoms with E-state index in [0.717, 1.165) is 23.8 Å². The van der Waals surface area contributed by atoms with Gasteiger partial charge in [-0.3, -0.25) is 4.79 Å². The number of amides is 1. The highest BCUT2D eigenvalue weighted by molar-refractivity contribution is 6.20. The van der Waals surface area contributed by atoms with Crippen LogP contribution in [0.2, 0.25) is 0 Å². The van der Waals surface area contributed by atoms with E-state index in [9.17, 15) is 22.4 Å². The van der Waals surface area contributed by atoms with Gasteiger partial charge in [-0.2, -0.15) is 13.2 Å². The molecule has 0 bridgehead atoms. The van der Waals surface area contributed by atoms with Crippen molar-refractivity contribution in [1.29, 1.82) is 0 Å². The maximum atomic E-state index is 15.1. The first kappa shape index (κ1) is 26.7. The first-order chi connectivity index (χ1) is 17.1. The highest BCUT2D eigenvalue weighted by Crippen LogP contribution is 2.33. The molecular formula is C27H25F5N2O2. The molecule has 0 unspecified atom stereocenters. The lowest BCUT2D eigenvalue weighted by Gasteiger charge is -2.18. The maximum Gasteiger partial charge on any atom is 0.416 e. The molecule has 0 aliphatic carbocycles. The van der Waals surface area contributed by atoms with Gasteiger partial charge in [0.05, 0.1) is 18.2 Å². The molecule has 0 spiro atoms. The second kappa shape index (κ2) is 11.7. The molecule has 0 atom stereocenters. The average molecular weight is 504 g/mol. The predicted octanol–water partition coefficient (Wildman–Crippen LogP) is 5.87. The number of carbonyl (C=O) groups is 1. The van der Waals surface area contributed by atoms with E-state index in [2.05, 4.69) is 10.6 Å². The third-order valence-electron chi connectivity index (χ3n) is 5.55. The van der Waals surface area contributed by atoms with Crippen molar-refractivity contribution >= 4 is 11.5 Å². The Morgan fingerprint density at radius 1 is 0.917 bits per heavy atom. The summed E-state index contributed by atoms with van der Waals surface area (Å²) in [6.07, 6.45) is -4.26. The Morgan fingerprint density at radius 3 is 2.28 bits per heavy atom. The highest BCUT2D eigenvalue weighted by Gasteiger charge is 2.34. The summed E-state index contributed by atoms with van der Waals surface area (Å²) >= 11 is 0. The van der Waals surface area contributed by atoms with Gasteiger partial charge in [0.1, 0.15) is 5.82 Å². The number of hydrogen-bond acceptors (Lipinski definition) is 3. The monoisotopic (exact) mass is 504 g/mol. The number of hydrogen-bond donors (Lipinski definition) is 2. The van der Waals surface area contributed by atoms with Crippen LogP contribution in [0, 0.1) is 11.6 Å². The third kappa shape index (κ3) is 6.41. The first-order valence-electron chi connectivity index (χ1n) is 11.1. The number of alkyl halides is 3. The Balaban J connectivity index is 1.93. The van der Waals surface area contributed by atoms with Gasteiger partial charge in [-0.25, -0.2) is 8.78 Å². The zero-order valence-corrected chi connectivity index (χ0v) is 19.7. The Labute approximate surface area is 205 Å². The minimum absolute atomic E-state index is 0.0655. The van der Waals surface area contributed by atoms with Crippen LogP contribution in [0.25, 0.3) is 5.57 Å². The Morgan fingerprint density at radius 2 is 1.61 bits per heavy atom. The zero-order chi connectivity index (χ0) is 26.3. The normalized spacial score (nSPS) is 12.1. The molecule has 9 heteroatoms. The van der Waals surface area contributed by atoms with E-state index in [4.69, 9.17) is 4.74 Å². The van der Waals surface area contributed by atoms with Crippen LogP contribution in [0.3, 0.4) is 0 Å². The molecule has 0 aromatic heterocycles. The topological polar surface area (TPSA) is 50.4 Å². The lowest BCUT2D eigenvalue weighted by Crippen LogP contribution is -2.29. The Bertz CT molecular complexity index is 1240. The summed E-state index contributed by atoms with van der Waals surface area (Å²) in [7, 11) is 1.27. The molecule has 190 valence electrons. The number of allylic oxidation sites excluding steroid dienone is 1. The van der Waals surface area contributed by atoms with Gasteiger partial charge in [-0.15, -0.1) is 0 Å². The first-order valence-corrected chi connectivity index (χ1v) is 11.1. The molecule has 3 aromatic rings. The van der Waals surface area contributed by atoms with Crippen molar-refractivity contribution in [2.24, 2.45) is 0 Å². The fourth-order valence-corrected chi connectivity index (χ4v) is 3.72. The minimum Gasteiger partial charge on any atom is -0.494 e. The smallest absolute Gasteiger partial charge is 0.416 e. The molecule has 0 aliphatic heterocycles. The number of nitrogens with one attached hydrogen (secondary N) is 2. The second-order valence-corrected chi connectivity index (χ2v) is 7.93. The summed E-state index contributed by atoms with van der Waals surface area (Å²) in [5.41, 5.74) is -0.949. The molecule has 1 amide bonds. The van der Waals surface area contributed by atoms with Crippen LogP contribution in [0.15, 0.2) is 72.4 Å². The number of carbonyl (C=O) groups excluding carboxylic acids is 1. The average Bonchev–Trinajstić information content (AvgIpc) is 2.84. The van der Waals surface area contributed by atoms with Gasteiger partial charge >= 0.3 is 6.18 Å². The fraction of sp³-hybridized carbons (Fsp3) is 0.222. The molecule has 0 aliphatic rings. The molecule has 4 nitrogen and oxygen atoms in total. The van der Waals surface area contributed by atoms with E-state index in [-0.39, 0.29) is 29.1 Å². The molecule has 0 fully saturated rings. The maximum absolute atomic E-state index is 15.1. The van der Waals surface area contributed by atoms with Crippen LogP contribution in [-0.2, 0) is 23.9 Å². The summed E-state index contributed by atoms with van der Waals surface area (Å²) in [4.78, 5) is 13.2. The van der Waals surface area contributed by atoms with Crippen molar-refractivity contribution in [2.45, 2.75) is 26.1 Å². The number of rotatable bonds is 9. The molecule has 36 heavy (non-hydrogen) atoms. The third-order valence-corrected chi connectivity index (χ3v) is 5.55. The van der Waals surface area contributed by atoms with Crippen LogP contribution >= 0.6 is 0 Å². The molecular weight excluding hydrogens is 479 g/mol. The lowest BCUT2D eigenvalue weighted by molar-refractivity contribution is -0.138. The quantitative estimate of drug-likeness (QED) is 0.283. The van der Waals surface area contributed by atoms with E-state index >= 15 is 4.39 Å². The number of benzene rings is 3. The lowest BCUT2D eigenvalue weighted by atomic mass is 10.0. The number of halogens is 5. The van der Waals surface area contributed by atoms with Crippen molar-refractivity contribution in [2.75, 3.05) is 13.7 Å². The second-order valence-electron chi connectivity index (χ2n) is 7.93. The van der Waals surface area contributed by atoms with Crippen molar-refractivity contribution in [1.82, 2.24) is 10.6 Å². The van der Waals surface area contributed by atoms with E-state index in [1.54, 1.807) is 0 Å². The Kier molecular flexibility index (Phi) is 8.68. The summed E-state index contributed by atoms with van der Waals surface area (Å²) in [5.74, 6) is -2.61. The molecule has 0 radical (unpaired) electrons. The Hall–Kier alpha value is -3.88. The SMILES string of the molecule is COc1cccc(/C(C(=O)NCCc2ccccc2)=C(\C)NCc2c(F)cccc2C(F)(F)F)c1F. The molecule has 3 rings (SSSR count). The van der Waals surface area contributed by atoms with Crippen LogP contribution in [0.5, 0.6) is 5.75 Å². The van der Waals surface area contributed by atoms with E-state index in [1.165, 1.54) is 32.2 Å². The van der Waals surface area contributed by atoms with Gasteiger partial charge in [-0.05, 0) is 37.1 Å². The van der Waals surface area contributed by atoms with Gasteiger partial charge < -0.3 is 15.4 Å². The van der Waals surface area contributed by atoms with Crippen molar-refractivity contribution in [3.05, 3.63) is 106 Å². The number of ether oxygens (including phenoxy) is 1. The molecule has 3 aromatic carbocycles. The van der Waals surface area contributed by atoms with Gasteiger partial charge in [0.2, 0.25) is 0 Å². The van der Waals surface area contributed by atoms with Gasteiger partial charge in [0.15, 0.2) is 11.6 Å². The fourth-order valence-electron chi connectivity index (χ4n) is 3.72. The van der Waals surface area contributed by atoms with E-state index < -0.39 is 41.4 Å². The van der Waals surface area contributed by atoms with Gasteiger partial charge in [-0.1, -0.05) is 48.5 Å². The molecule has 0 heterocycles. The predicted molar refractivity (Wildman–Crippen MR) is 127 cm³/mol. The largest absolute Gasteiger partial charge is 0.494 e. The van der Waals surface area contributed by atoms with Gasteiger partial charge in [0.25, 0.3) is 5.91 Å². The van der Waals surface area contributed by atoms with E-state index in [0.29, 0.717) is 6.42 Å². The zero-order valence-electron chi connectivity index (χ0n) is 19.7. The minimum atomic E-state index is -4.77. The van der Waals surface area contributed by atoms with Crippen molar-refractivity contribution < 1.29 is 31.5 Å². The summed E-state index contributed by atoms with van der Waals surface area (Å²) in [6, 6.07) is 16.3. The number of methoxy groups -OCH3 is 1. The van der Waals surface area contributed by atoms with Crippen LogP contribution in [0.4, 0.5) is 22.0 Å².